The summed E-state index contributed by atoms with van der Waals surface area (Å²) in [6.45, 7) is 3.27. The molecule has 1 N–H and O–H groups in total. The summed E-state index contributed by atoms with van der Waals surface area (Å²) in [5.74, 6) is -2.12. The number of anilines is 1. The maximum atomic E-state index is 14.0. The third-order valence-corrected chi connectivity index (χ3v) is 10.2. The Morgan fingerprint density at radius 3 is 2.46 bits per heavy atom. The van der Waals surface area contributed by atoms with Crippen LogP contribution in [0, 0.1) is 22.0 Å². The summed E-state index contributed by atoms with van der Waals surface area (Å²) in [4.78, 5) is 64.9. The number of non-ortho nitro benzene ring substituents is 1. The first kappa shape index (κ1) is 32.8. The van der Waals surface area contributed by atoms with E-state index in [0.717, 1.165) is 11.3 Å². The van der Waals surface area contributed by atoms with Crippen molar-refractivity contribution in [2.24, 2.45) is 11.8 Å². The van der Waals surface area contributed by atoms with Gasteiger partial charge in [-0.05, 0) is 61.0 Å². The first-order chi connectivity index (χ1) is 24.0. The van der Waals surface area contributed by atoms with Crippen molar-refractivity contribution in [3.63, 3.8) is 0 Å². The van der Waals surface area contributed by atoms with E-state index >= 15 is 0 Å². The smallest absolute Gasteiger partial charge is 0.355 e. The molecule has 254 valence electrons. The van der Waals surface area contributed by atoms with Gasteiger partial charge in [-0.25, -0.2) is 9.78 Å². The largest absolute Gasteiger partial charge is 0.456 e. The molecule has 0 aliphatic carbocycles. The summed E-state index contributed by atoms with van der Waals surface area (Å²) >= 11 is 1.29. The summed E-state index contributed by atoms with van der Waals surface area (Å²) < 4.78 is 7.59. The van der Waals surface area contributed by atoms with Gasteiger partial charge in [-0.3, -0.25) is 29.1 Å². The number of imidazole rings is 1. The summed E-state index contributed by atoms with van der Waals surface area (Å²) in [5.41, 5.74) is 3.86. The number of esters is 1. The van der Waals surface area contributed by atoms with Crippen LogP contribution in [-0.2, 0) is 20.9 Å². The van der Waals surface area contributed by atoms with E-state index in [1.54, 1.807) is 25.3 Å². The zero-order valence-electron chi connectivity index (χ0n) is 27.5. The molecule has 1 fully saturated rings. The van der Waals surface area contributed by atoms with Gasteiger partial charge < -0.3 is 19.6 Å². The third-order valence-electron chi connectivity index (χ3n) is 9.30. The number of fused-ring (bicyclic) bond motifs is 2. The fraction of sp³-hybridized carbons (Fsp3) is 0.250. The highest BCUT2D eigenvalue weighted by Gasteiger charge is 2.60. The Hall–Kier alpha value is -5.73. The summed E-state index contributed by atoms with van der Waals surface area (Å²) in [6.07, 6.45) is 2.12. The molecule has 50 heavy (non-hydrogen) atoms. The number of nitro benzene ring substituents is 1. The van der Waals surface area contributed by atoms with E-state index in [2.05, 4.69) is 4.98 Å². The van der Waals surface area contributed by atoms with Crippen LogP contribution >= 0.6 is 11.3 Å². The van der Waals surface area contributed by atoms with Gasteiger partial charge in [-0.2, -0.15) is 0 Å². The molecule has 0 saturated carbocycles. The Kier molecular flexibility index (Phi) is 8.28. The zero-order valence-corrected chi connectivity index (χ0v) is 28.3. The van der Waals surface area contributed by atoms with Crippen molar-refractivity contribution in [3.05, 3.63) is 117 Å². The van der Waals surface area contributed by atoms with Crippen molar-refractivity contribution in [1.82, 2.24) is 19.3 Å². The number of β-lactam (4-membered cyclic amide) rings is 1. The predicted molar refractivity (Wildman–Crippen MR) is 185 cm³/mol. The number of pyridine rings is 1. The number of nitro groups is 1. The lowest BCUT2D eigenvalue weighted by molar-refractivity contribution is -0.384. The van der Waals surface area contributed by atoms with E-state index in [9.17, 15) is 29.6 Å². The van der Waals surface area contributed by atoms with E-state index in [4.69, 9.17) is 9.72 Å². The predicted octanol–water partition coefficient (Wildman–Crippen LogP) is 4.98. The van der Waals surface area contributed by atoms with Crippen molar-refractivity contribution in [2.45, 2.75) is 32.6 Å². The summed E-state index contributed by atoms with van der Waals surface area (Å²) in [6, 6.07) is 16.2. The second-order valence-corrected chi connectivity index (χ2v) is 13.4. The van der Waals surface area contributed by atoms with Crippen LogP contribution in [-0.4, -0.2) is 73.2 Å². The van der Waals surface area contributed by atoms with Gasteiger partial charge in [-0.15, -0.1) is 11.3 Å². The molecule has 0 bridgehead atoms. The molecular formula is C36H32N6O7S. The van der Waals surface area contributed by atoms with E-state index < -0.39 is 40.8 Å². The molecule has 1 saturated heterocycles. The number of ketones is 1. The maximum absolute atomic E-state index is 14.0. The standard InChI is InChI=1S/C36H32N6O7S/c1-19-27(31(41-30(19)28(20(2)43)34(41)45)36(46)49-17-21-7-11-25(12-8-21)42(47)48)26-18-50-35-29(32(44)23-6-5-15-37-16-23)38-33(40(26)35)22-9-13-24(14-10-22)39(3)4/h5-16,18-20,28,30,43H,17H2,1-4H3/t19-,20+,28+,30+/m0/s1. The molecule has 5 aromatic rings. The number of aliphatic hydroxyl groups excluding tert-OH is 1. The number of benzene rings is 2. The molecule has 2 aliphatic heterocycles. The molecule has 0 spiro atoms. The molecule has 0 unspecified atom stereocenters. The average molecular weight is 693 g/mol. The number of carbonyl (C=O) groups excluding carboxylic acids is 3. The summed E-state index contributed by atoms with van der Waals surface area (Å²) in [5, 5.41) is 23.5. The molecule has 7 rings (SSSR count). The van der Waals surface area contributed by atoms with Crippen LogP contribution in [0.1, 0.15) is 41.2 Å². The van der Waals surface area contributed by atoms with Crippen molar-refractivity contribution in [2.75, 3.05) is 19.0 Å². The van der Waals surface area contributed by atoms with E-state index in [-0.39, 0.29) is 29.5 Å². The molecule has 2 aliphatic rings. The molecule has 1 amide bonds. The maximum Gasteiger partial charge on any atom is 0.355 e. The van der Waals surface area contributed by atoms with Gasteiger partial charge in [0, 0.05) is 72.3 Å². The first-order valence-electron chi connectivity index (χ1n) is 15.9. The summed E-state index contributed by atoms with van der Waals surface area (Å²) in [7, 11) is 3.87. The lowest BCUT2D eigenvalue weighted by Gasteiger charge is -2.46. The van der Waals surface area contributed by atoms with E-state index in [1.165, 1.54) is 46.7 Å². The number of aliphatic hydroxyl groups is 1. The van der Waals surface area contributed by atoms with Crippen molar-refractivity contribution in [1.29, 1.82) is 0 Å². The number of hydrogen-bond acceptors (Lipinski definition) is 11. The fourth-order valence-electron chi connectivity index (χ4n) is 6.80. The minimum Gasteiger partial charge on any atom is -0.456 e. The van der Waals surface area contributed by atoms with Gasteiger partial charge in [0.15, 0.2) is 0 Å². The lowest BCUT2D eigenvalue weighted by Crippen LogP contribution is -2.63. The van der Waals surface area contributed by atoms with Gasteiger partial charge in [0.2, 0.25) is 11.7 Å². The lowest BCUT2D eigenvalue weighted by atomic mass is 9.77. The van der Waals surface area contributed by atoms with Crippen molar-refractivity contribution < 1.29 is 29.2 Å². The number of aromatic nitrogens is 3. The minimum absolute atomic E-state index is 0.0498. The molecule has 4 atom stereocenters. The Morgan fingerprint density at radius 1 is 1.12 bits per heavy atom. The average Bonchev–Trinajstić information content (AvgIpc) is 3.77. The van der Waals surface area contributed by atoms with Crippen molar-refractivity contribution in [3.8, 4) is 11.4 Å². The number of nitrogens with zero attached hydrogens (tertiary/aromatic N) is 6. The van der Waals surface area contributed by atoms with Crippen LogP contribution < -0.4 is 4.90 Å². The quantitative estimate of drug-likeness (QED) is 0.0696. The molecule has 14 heteroatoms. The molecule has 0 radical (unpaired) electrons. The van der Waals surface area contributed by atoms with Crippen molar-refractivity contribution >= 4 is 50.8 Å². The van der Waals surface area contributed by atoms with Crippen LogP contribution in [0.5, 0.6) is 0 Å². The highest BCUT2D eigenvalue weighted by Crippen LogP contribution is 2.52. The Balaban J connectivity index is 1.38. The van der Waals surface area contributed by atoms with E-state index in [1.807, 2.05) is 60.0 Å². The Labute approximate surface area is 290 Å². The van der Waals surface area contributed by atoms with Gasteiger partial charge in [0.05, 0.1) is 28.7 Å². The van der Waals surface area contributed by atoms with Crippen LogP contribution in [0.4, 0.5) is 11.4 Å². The normalized spacial score (nSPS) is 18.9. The Bertz CT molecular complexity index is 2190. The number of hydrogen-bond donors (Lipinski definition) is 1. The highest BCUT2D eigenvalue weighted by molar-refractivity contribution is 7.16. The van der Waals surface area contributed by atoms with Gasteiger partial charge in [-0.1, -0.05) is 6.92 Å². The number of carbonyl (C=O) groups is 3. The van der Waals surface area contributed by atoms with Crippen LogP contribution in [0.2, 0.25) is 0 Å². The second kappa shape index (κ2) is 12.6. The number of amides is 1. The zero-order chi connectivity index (χ0) is 35.4. The molecular weight excluding hydrogens is 660 g/mol. The third kappa shape index (κ3) is 5.33. The van der Waals surface area contributed by atoms with Gasteiger partial charge in [0.1, 0.15) is 28.7 Å². The molecule has 2 aromatic carbocycles. The SMILES string of the molecule is C[C@@H](O)[C@H]1C(=O)N2C(C(=O)OCc3ccc([N+](=O)[O-])cc3)=C(c3csc4c(C(=O)c5cccnc5)nc(-c5ccc(N(C)C)cc5)n34)[C@H](C)[C@H]12. The molecule has 3 aromatic heterocycles. The van der Waals surface area contributed by atoms with Crippen LogP contribution in [0.15, 0.2) is 84.1 Å². The number of rotatable bonds is 10. The highest BCUT2D eigenvalue weighted by atomic mass is 32.1. The number of ether oxygens (including phenoxy) is 1. The van der Waals surface area contributed by atoms with Gasteiger partial charge in [0.25, 0.3) is 5.69 Å². The first-order valence-corrected chi connectivity index (χ1v) is 16.7. The van der Waals surface area contributed by atoms with Crippen LogP contribution in [0.25, 0.3) is 21.8 Å². The molecule has 5 heterocycles. The van der Waals surface area contributed by atoms with Crippen LogP contribution in [0.3, 0.4) is 0 Å². The topological polar surface area (TPSA) is 160 Å². The fourth-order valence-corrected chi connectivity index (χ4v) is 7.79. The second-order valence-electron chi connectivity index (χ2n) is 12.6. The minimum atomic E-state index is -0.951. The van der Waals surface area contributed by atoms with E-state index in [0.29, 0.717) is 33.0 Å². The Morgan fingerprint density at radius 2 is 1.84 bits per heavy atom. The number of thiazole rings is 1. The van der Waals surface area contributed by atoms with Gasteiger partial charge >= 0.3 is 5.97 Å². The monoisotopic (exact) mass is 692 g/mol. The molecule has 13 nitrogen and oxygen atoms in total.